The molecule has 2 saturated heterocycles. The molecule has 3 aliphatic rings. The number of hydrogen-bond donors (Lipinski definition) is 3. The number of benzene rings is 1. The van der Waals surface area contributed by atoms with Gasteiger partial charge >= 0.3 is 0 Å². The van der Waals surface area contributed by atoms with Crippen molar-refractivity contribution >= 4 is 5.91 Å². The third kappa shape index (κ3) is 4.94. The first-order valence-corrected chi connectivity index (χ1v) is 12.4. The predicted molar refractivity (Wildman–Crippen MR) is 128 cm³/mol. The average Bonchev–Trinajstić information content (AvgIpc) is 3.26. The van der Waals surface area contributed by atoms with E-state index in [1.807, 2.05) is 24.4 Å². The van der Waals surface area contributed by atoms with Crippen molar-refractivity contribution in [1.29, 1.82) is 0 Å². The Morgan fingerprint density at radius 1 is 1.15 bits per heavy atom. The van der Waals surface area contributed by atoms with Crippen molar-refractivity contribution in [3.63, 3.8) is 0 Å². The smallest absolute Gasteiger partial charge is 0.250 e. The highest BCUT2D eigenvalue weighted by Gasteiger charge is 2.43. The Kier molecular flexibility index (Phi) is 6.81. The van der Waals surface area contributed by atoms with E-state index in [0.717, 1.165) is 50.8 Å². The Bertz CT molecular complexity index is 1090. The maximum Gasteiger partial charge on any atom is 0.250 e. The van der Waals surface area contributed by atoms with E-state index in [9.17, 15) is 14.0 Å². The number of halogens is 1. The Morgan fingerprint density at radius 3 is 2.82 bits per heavy atom. The molecule has 4 unspecified atom stereocenters. The number of hydrazine groups is 1. The molecule has 182 valence electrons. The van der Waals surface area contributed by atoms with Crippen LogP contribution in [0.1, 0.15) is 49.3 Å². The number of likely N-dealkylation sites (tertiary alicyclic amines) is 1. The first-order chi connectivity index (χ1) is 16.5. The summed E-state index contributed by atoms with van der Waals surface area (Å²) in [5, 5.41) is 3.31. The summed E-state index contributed by atoms with van der Waals surface area (Å²) in [5.74, 6) is 0.255. The van der Waals surface area contributed by atoms with Gasteiger partial charge in [0, 0.05) is 56.0 Å². The summed E-state index contributed by atoms with van der Waals surface area (Å²) in [7, 11) is 1.77. The molecule has 34 heavy (non-hydrogen) atoms. The van der Waals surface area contributed by atoms with Gasteiger partial charge in [0.05, 0.1) is 6.04 Å². The van der Waals surface area contributed by atoms with Crippen LogP contribution >= 0.6 is 0 Å². The van der Waals surface area contributed by atoms with E-state index in [1.54, 1.807) is 23.7 Å². The highest BCUT2D eigenvalue weighted by atomic mass is 19.1. The molecule has 1 aliphatic carbocycles. The second-order valence-electron chi connectivity index (χ2n) is 10.1. The lowest BCUT2D eigenvalue weighted by Crippen LogP contribution is -2.50. The topological polar surface area (TPSA) is 78.4 Å². The number of rotatable bonds is 5. The zero-order valence-electron chi connectivity index (χ0n) is 19.7. The highest BCUT2D eigenvalue weighted by molar-refractivity contribution is 5.79. The van der Waals surface area contributed by atoms with Crippen LogP contribution in [0.25, 0.3) is 0 Å². The van der Waals surface area contributed by atoms with Crippen LogP contribution in [0, 0.1) is 17.7 Å². The van der Waals surface area contributed by atoms with Gasteiger partial charge < -0.3 is 9.88 Å². The van der Waals surface area contributed by atoms with Crippen LogP contribution in [0.15, 0.2) is 47.4 Å². The molecule has 1 amide bonds. The van der Waals surface area contributed by atoms with E-state index in [0.29, 0.717) is 24.1 Å². The van der Waals surface area contributed by atoms with Crippen LogP contribution in [-0.2, 0) is 18.4 Å². The molecule has 1 aromatic heterocycles. The largest absolute Gasteiger partial charge is 0.352 e. The van der Waals surface area contributed by atoms with E-state index >= 15 is 0 Å². The third-order valence-corrected chi connectivity index (χ3v) is 7.79. The fraction of sp³-hybridized carbons (Fsp3) is 0.538. The maximum atomic E-state index is 14.1. The number of pyridine rings is 1. The van der Waals surface area contributed by atoms with E-state index in [2.05, 4.69) is 21.1 Å². The molecule has 3 fully saturated rings. The highest BCUT2D eigenvalue weighted by Crippen LogP contribution is 2.40. The first-order valence-electron chi connectivity index (χ1n) is 12.4. The van der Waals surface area contributed by atoms with Crippen LogP contribution < -0.4 is 21.7 Å². The average molecular weight is 468 g/mol. The van der Waals surface area contributed by atoms with E-state index < -0.39 is 0 Å². The SMILES string of the molecule is Cn1cc(C2NNC3CCC(C(=O)N[C@@H]4CCCN(Cc5ccccc5F)C4)CC32)ccc1=O. The molecule has 0 bridgehead atoms. The number of aryl methyl sites for hydroxylation is 1. The minimum absolute atomic E-state index is 0.0140. The Morgan fingerprint density at radius 2 is 2.00 bits per heavy atom. The van der Waals surface area contributed by atoms with Crippen molar-refractivity contribution in [2.24, 2.45) is 18.9 Å². The van der Waals surface area contributed by atoms with Gasteiger partial charge in [-0.05, 0) is 56.2 Å². The molecular weight excluding hydrogens is 433 g/mol. The predicted octanol–water partition coefficient (Wildman–Crippen LogP) is 2.24. The summed E-state index contributed by atoms with van der Waals surface area (Å²) in [4.78, 5) is 27.3. The van der Waals surface area contributed by atoms with Gasteiger partial charge in [0.15, 0.2) is 0 Å². The molecule has 0 spiro atoms. The Balaban J connectivity index is 1.19. The molecule has 3 heterocycles. The first kappa shape index (κ1) is 23.2. The monoisotopic (exact) mass is 467 g/mol. The standard InChI is InChI=1S/C26H34FN5O2/c1-31-14-19(9-11-24(31)33)25-21-13-17(8-10-23(21)29-30-25)26(34)28-20-6-4-12-32(16-20)15-18-5-2-3-7-22(18)27/h2-3,5,7,9,11,14,17,20-21,23,25,29-30H,4,6,8,10,12-13,15-16H2,1H3,(H,28,34)/t17?,20-,21?,23?,25?/m1/s1. The zero-order valence-corrected chi connectivity index (χ0v) is 19.7. The van der Waals surface area contributed by atoms with Gasteiger partial charge in [-0.25, -0.2) is 9.82 Å². The van der Waals surface area contributed by atoms with Crippen molar-refractivity contribution in [1.82, 2.24) is 25.6 Å². The molecule has 5 rings (SSSR count). The van der Waals surface area contributed by atoms with Crippen molar-refractivity contribution in [2.75, 3.05) is 13.1 Å². The summed E-state index contributed by atoms with van der Waals surface area (Å²) < 4.78 is 15.7. The number of amides is 1. The van der Waals surface area contributed by atoms with Crippen molar-refractivity contribution in [2.45, 2.75) is 56.8 Å². The number of fused-ring (bicyclic) bond motifs is 1. The van der Waals surface area contributed by atoms with Crippen molar-refractivity contribution < 1.29 is 9.18 Å². The normalized spacial score (nSPS) is 29.5. The molecule has 2 aliphatic heterocycles. The third-order valence-electron chi connectivity index (χ3n) is 7.79. The van der Waals surface area contributed by atoms with Crippen LogP contribution in [0.2, 0.25) is 0 Å². The van der Waals surface area contributed by atoms with Crippen LogP contribution in [-0.4, -0.2) is 40.5 Å². The van der Waals surface area contributed by atoms with Crippen molar-refractivity contribution in [3.8, 4) is 0 Å². The molecule has 1 saturated carbocycles. The van der Waals surface area contributed by atoms with Gasteiger partial charge in [0.25, 0.3) is 0 Å². The maximum absolute atomic E-state index is 14.1. The lowest BCUT2D eigenvalue weighted by Gasteiger charge is -2.36. The number of hydrogen-bond acceptors (Lipinski definition) is 5. The number of carbonyl (C=O) groups excluding carboxylic acids is 1. The molecule has 8 heteroatoms. The second-order valence-corrected chi connectivity index (χ2v) is 10.1. The van der Waals surface area contributed by atoms with Crippen LogP contribution in [0.4, 0.5) is 4.39 Å². The number of nitrogens with zero attached hydrogens (tertiary/aromatic N) is 2. The summed E-state index contributed by atoms with van der Waals surface area (Å²) in [6.07, 6.45) is 6.48. The van der Waals surface area contributed by atoms with Gasteiger partial charge in [0.2, 0.25) is 11.5 Å². The minimum atomic E-state index is -0.169. The lowest BCUT2D eigenvalue weighted by atomic mass is 9.74. The number of piperidine rings is 1. The molecule has 2 aromatic rings. The van der Waals surface area contributed by atoms with E-state index in [-0.39, 0.29) is 35.3 Å². The van der Waals surface area contributed by atoms with Gasteiger partial charge in [0.1, 0.15) is 5.82 Å². The summed E-state index contributed by atoms with van der Waals surface area (Å²) in [5.41, 5.74) is 8.56. The van der Waals surface area contributed by atoms with Gasteiger partial charge in [-0.3, -0.25) is 19.9 Å². The zero-order chi connectivity index (χ0) is 23.7. The van der Waals surface area contributed by atoms with Gasteiger partial charge in [-0.1, -0.05) is 24.3 Å². The quantitative estimate of drug-likeness (QED) is 0.629. The minimum Gasteiger partial charge on any atom is -0.352 e. The van der Waals surface area contributed by atoms with Crippen LogP contribution in [0.3, 0.4) is 0 Å². The Hall–Kier alpha value is -2.55. The molecule has 3 N–H and O–H groups in total. The summed E-state index contributed by atoms with van der Waals surface area (Å²) in [6.45, 7) is 2.25. The molecular formula is C26H34FN5O2. The Labute approximate surface area is 199 Å². The number of carbonyl (C=O) groups is 1. The second kappa shape index (κ2) is 9.98. The number of aromatic nitrogens is 1. The molecule has 0 radical (unpaired) electrons. The van der Waals surface area contributed by atoms with Gasteiger partial charge in [-0.2, -0.15) is 0 Å². The van der Waals surface area contributed by atoms with E-state index in [1.165, 1.54) is 6.07 Å². The van der Waals surface area contributed by atoms with E-state index in [4.69, 9.17) is 0 Å². The van der Waals surface area contributed by atoms with Crippen molar-refractivity contribution in [3.05, 3.63) is 69.9 Å². The fourth-order valence-electron chi connectivity index (χ4n) is 5.93. The molecule has 7 nitrogen and oxygen atoms in total. The number of nitrogens with one attached hydrogen (secondary N) is 3. The fourth-order valence-corrected chi connectivity index (χ4v) is 5.93. The molecule has 5 atom stereocenters. The van der Waals surface area contributed by atoms with Crippen LogP contribution in [0.5, 0.6) is 0 Å². The molecule has 1 aromatic carbocycles. The summed E-state index contributed by atoms with van der Waals surface area (Å²) in [6, 6.07) is 10.9. The summed E-state index contributed by atoms with van der Waals surface area (Å²) >= 11 is 0. The van der Waals surface area contributed by atoms with Gasteiger partial charge in [-0.15, -0.1) is 0 Å². The lowest BCUT2D eigenvalue weighted by molar-refractivity contribution is -0.127.